The van der Waals surface area contributed by atoms with Crippen LogP contribution in [-0.4, -0.2) is 32.3 Å². The van der Waals surface area contributed by atoms with Gasteiger partial charge in [-0.05, 0) is 34.1 Å². The first kappa shape index (κ1) is 16.0. The summed E-state index contributed by atoms with van der Waals surface area (Å²) in [5.74, 6) is 0.287. The number of hydrogen-bond donors (Lipinski definition) is 0. The van der Waals surface area contributed by atoms with E-state index in [9.17, 15) is 18.0 Å². The average Bonchev–Trinajstić information content (AvgIpc) is 2.33. The van der Waals surface area contributed by atoms with Gasteiger partial charge in [0.1, 0.15) is 12.4 Å². The predicted molar refractivity (Wildman–Crippen MR) is 66.5 cm³/mol. The molecular formula is C12H12BrF3O3. The minimum absolute atomic E-state index is 0.102. The molecule has 3 nitrogen and oxygen atoms in total. The van der Waals surface area contributed by atoms with Crippen molar-refractivity contribution >= 4 is 21.7 Å². The third kappa shape index (κ3) is 5.61. The zero-order valence-corrected chi connectivity index (χ0v) is 11.7. The summed E-state index contributed by atoms with van der Waals surface area (Å²) in [6.45, 7) is -1.60. The first-order chi connectivity index (χ1) is 8.83. The molecule has 7 heteroatoms. The maximum Gasteiger partial charge on any atom is 0.411 e. The van der Waals surface area contributed by atoms with Crippen LogP contribution in [0.5, 0.6) is 5.75 Å². The lowest BCUT2D eigenvalue weighted by Gasteiger charge is -2.08. The van der Waals surface area contributed by atoms with Crippen LogP contribution < -0.4 is 4.74 Å². The van der Waals surface area contributed by atoms with E-state index in [1.54, 1.807) is 18.2 Å². The highest BCUT2D eigenvalue weighted by Crippen LogP contribution is 2.26. The Bertz CT molecular complexity index is 446. The van der Waals surface area contributed by atoms with Crippen LogP contribution in [0.15, 0.2) is 22.7 Å². The summed E-state index contributed by atoms with van der Waals surface area (Å²) in [7, 11) is 1.49. The topological polar surface area (TPSA) is 35.5 Å². The lowest BCUT2D eigenvalue weighted by atomic mass is 10.1. The molecule has 106 valence electrons. The summed E-state index contributed by atoms with van der Waals surface area (Å²) in [5, 5.41) is 0. The third-order valence-electron chi connectivity index (χ3n) is 2.21. The Balaban J connectivity index is 2.48. The Kier molecular flexibility index (Phi) is 5.81. The van der Waals surface area contributed by atoms with Gasteiger partial charge in [0, 0.05) is 12.0 Å². The van der Waals surface area contributed by atoms with E-state index in [0.717, 1.165) is 0 Å². The second kappa shape index (κ2) is 6.91. The van der Waals surface area contributed by atoms with Gasteiger partial charge in [-0.2, -0.15) is 13.2 Å². The molecule has 0 heterocycles. The third-order valence-corrected chi connectivity index (χ3v) is 2.83. The molecule has 0 radical (unpaired) electrons. The Morgan fingerprint density at radius 2 is 2.05 bits per heavy atom. The molecule has 0 aliphatic rings. The SMILES string of the molecule is COc1ccc(C(=O)CCOCC(F)(F)F)cc1Br. The minimum atomic E-state index is -4.37. The number of methoxy groups -OCH3 is 1. The Morgan fingerprint density at radius 3 is 2.58 bits per heavy atom. The molecule has 0 N–H and O–H groups in total. The predicted octanol–water partition coefficient (Wildman–Crippen LogP) is 3.61. The number of halogens is 4. The number of carbonyl (C=O) groups is 1. The molecule has 19 heavy (non-hydrogen) atoms. The highest BCUT2D eigenvalue weighted by molar-refractivity contribution is 9.10. The second-order valence-corrected chi connectivity index (χ2v) is 4.54. The van der Waals surface area contributed by atoms with E-state index in [1.807, 2.05) is 0 Å². The average molecular weight is 341 g/mol. The van der Waals surface area contributed by atoms with Crippen LogP contribution in [0.4, 0.5) is 13.2 Å². The fourth-order valence-electron chi connectivity index (χ4n) is 1.34. The maximum atomic E-state index is 11.8. The molecule has 0 aromatic heterocycles. The molecule has 0 unspecified atom stereocenters. The van der Waals surface area contributed by atoms with Crippen molar-refractivity contribution in [3.63, 3.8) is 0 Å². The zero-order valence-electron chi connectivity index (χ0n) is 10.1. The Labute approximate surface area is 116 Å². The first-order valence-corrected chi connectivity index (χ1v) is 6.14. The van der Waals surface area contributed by atoms with Crippen LogP contribution in [0.1, 0.15) is 16.8 Å². The standard InChI is InChI=1S/C12H12BrF3O3/c1-18-11-3-2-8(6-9(11)13)10(17)4-5-19-7-12(14,15)16/h2-3,6H,4-5,7H2,1H3. The van der Waals surface area contributed by atoms with Crippen molar-refractivity contribution in [1.29, 1.82) is 0 Å². The molecule has 0 saturated carbocycles. The van der Waals surface area contributed by atoms with Gasteiger partial charge in [0.2, 0.25) is 0 Å². The van der Waals surface area contributed by atoms with E-state index in [2.05, 4.69) is 20.7 Å². The van der Waals surface area contributed by atoms with Crippen LogP contribution in [0, 0.1) is 0 Å². The van der Waals surface area contributed by atoms with Crippen molar-refractivity contribution in [3.8, 4) is 5.75 Å². The molecule has 0 aliphatic carbocycles. The quantitative estimate of drug-likeness (QED) is 0.586. The number of carbonyl (C=O) groups excluding carboxylic acids is 1. The number of rotatable bonds is 6. The number of benzene rings is 1. The highest BCUT2D eigenvalue weighted by atomic mass is 79.9. The van der Waals surface area contributed by atoms with Gasteiger partial charge in [0.25, 0.3) is 0 Å². The number of ketones is 1. The summed E-state index contributed by atoms with van der Waals surface area (Å²) in [6, 6.07) is 4.72. The molecule has 0 bridgehead atoms. The van der Waals surface area contributed by atoms with E-state index >= 15 is 0 Å². The largest absolute Gasteiger partial charge is 0.496 e. The maximum absolute atomic E-state index is 11.8. The van der Waals surface area contributed by atoms with Gasteiger partial charge in [0.15, 0.2) is 5.78 Å². The summed E-state index contributed by atoms with van der Waals surface area (Å²) in [4.78, 5) is 11.7. The van der Waals surface area contributed by atoms with Gasteiger partial charge in [-0.3, -0.25) is 4.79 Å². The van der Waals surface area contributed by atoms with Crippen molar-refractivity contribution in [2.24, 2.45) is 0 Å². The number of ether oxygens (including phenoxy) is 2. The molecule has 1 aromatic carbocycles. The van der Waals surface area contributed by atoms with Crippen LogP contribution in [0.3, 0.4) is 0 Å². The smallest absolute Gasteiger partial charge is 0.411 e. The first-order valence-electron chi connectivity index (χ1n) is 5.34. The van der Waals surface area contributed by atoms with E-state index < -0.39 is 12.8 Å². The molecule has 0 saturated heterocycles. The van der Waals surface area contributed by atoms with Crippen molar-refractivity contribution in [2.75, 3.05) is 20.3 Å². The van der Waals surface area contributed by atoms with Gasteiger partial charge in [-0.25, -0.2) is 0 Å². The van der Waals surface area contributed by atoms with Crippen LogP contribution in [0.25, 0.3) is 0 Å². The highest BCUT2D eigenvalue weighted by Gasteiger charge is 2.27. The van der Waals surface area contributed by atoms with Crippen LogP contribution in [0.2, 0.25) is 0 Å². The normalized spacial score (nSPS) is 11.4. The van der Waals surface area contributed by atoms with Crippen LogP contribution >= 0.6 is 15.9 Å². The Hall–Kier alpha value is -1.08. The molecule has 0 spiro atoms. The molecule has 1 aromatic rings. The molecular weight excluding hydrogens is 329 g/mol. The number of alkyl halides is 3. The van der Waals surface area contributed by atoms with E-state index in [0.29, 0.717) is 15.8 Å². The van der Waals surface area contributed by atoms with Gasteiger partial charge in [0.05, 0.1) is 18.2 Å². The van der Waals surface area contributed by atoms with E-state index in [-0.39, 0.29) is 18.8 Å². The van der Waals surface area contributed by atoms with Crippen molar-refractivity contribution in [2.45, 2.75) is 12.6 Å². The van der Waals surface area contributed by atoms with Gasteiger partial charge in [-0.15, -0.1) is 0 Å². The lowest BCUT2D eigenvalue weighted by molar-refractivity contribution is -0.173. The monoisotopic (exact) mass is 340 g/mol. The van der Waals surface area contributed by atoms with Gasteiger partial charge < -0.3 is 9.47 Å². The van der Waals surface area contributed by atoms with Gasteiger partial charge in [-0.1, -0.05) is 0 Å². The second-order valence-electron chi connectivity index (χ2n) is 3.69. The van der Waals surface area contributed by atoms with E-state index in [1.165, 1.54) is 7.11 Å². The number of hydrogen-bond acceptors (Lipinski definition) is 3. The molecule has 0 amide bonds. The van der Waals surface area contributed by atoms with E-state index in [4.69, 9.17) is 4.74 Å². The summed E-state index contributed by atoms with van der Waals surface area (Å²) >= 11 is 3.23. The fraction of sp³-hybridized carbons (Fsp3) is 0.417. The van der Waals surface area contributed by atoms with Gasteiger partial charge >= 0.3 is 6.18 Å². The zero-order chi connectivity index (χ0) is 14.5. The number of Topliss-reactive ketones (excluding diaryl/α,β-unsaturated/α-hetero) is 1. The summed E-state index contributed by atoms with van der Waals surface area (Å²) < 4.78 is 45.4. The molecule has 1 rings (SSSR count). The fourth-order valence-corrected chi connectivity index (χ4v) is 1.88. The summed E-state index contributed by atoms with van der Waals surface area (Å²) in [5.41, 5.74) is 0.392. The molecule has 0 aliphatic heterocycles. The Morgan fingerprint density at radius 1 is 1.37 bits per heavy atom. The molecule has 0 fully saturated rings. The van der Waals surface area contributed by atoms with Crippen molar-refractivity contribution in [1.82, 2.24) is 0 Å². The van der Waals surface area contributed by atoms with Crippen molar-refractivity contribution < 1.29 is 27.4 Å². The van der Waals surface area contributed by atoms with Crippen molar-refractivity contribution in [3.05, 3.63) is 28.2 Å². The lowest BCUT2D eigenvalue weighted by Crippen LogP contribution is -2.18. The summed E-state index contributed by atoms with van der Waals surface area (Å²) in [6.07, 6.45) is -4.47. The molecule has 0 atom stereocenters. The minimum Gasteiger partial charge on any atom is -0.496 e. The van der Waals surface area contributed by atoms with Crippen LogP contribution in [-0.2, 0) is 4.74 Å².